The first-order valence-electron chi connectivity index (χ1n) is 6.40. The van der Waals surface area contributed by atoms with Gasteiger partial charge in [0.2, 0.25) is 0 Å². The van der Waals surface area contributed by atoms with Gasteiger partial charge in [0.25, 0.3) is 0 Å². The summed E-state index contributed by atoms with van der Waals surface area (Å²) in [4.78, 5) is 0. The van der Waals surface area contributed by atoms with Crippen LogP contribution < -0.4 is 10.1 Å². The van der Waals surface area contributed by atoms with Gasteiger partial charge in [0, 0.05) is 12.6 Å². The van der Waals surface area contributed by atoms with Crippen LogP contribution in [0.25, 0.3) is 0 Å². The summed E-state index contributed by atoms with van der Waals surface area (Å²) in [5.41, 5.74) is 1.11. The molecule has 100 valence electrons. The van der Waals surface area contributed by atoms with Crippen molar-refractivity contribution >= 4 is 0 Å². The van der Waals surface area contributed by atoms with Crippen LogP contribution in [0, 0.1) is 5.82 Å². The fraction of sp³-hybridized carbons (Fsp3) is 0.250. The van der Waals surface area contributed by atoms with Crippen molar-refractivity contribution in [1.82, 2.24) is 5.32 Å². The fourth-order valence-electron chi connectivity index (χ4n) is 1.70. The maximum absolute atomic E-state index is 13.5. The van der Waals surface area contributed by atoms with Crippen molar-refractivity contribution in [2.24, 2.45) is 0 Å². The van der Waals surface area contributed by atoms with Gasteiger partial charge in [0.1, 0.15) is 5.75 Å². The molecule has 0 bridgehead atoms. The first kappa shape index (κ1) is 13.6. The lowest BCUT2D eigenvalue weighted by atomic mass is 10.2. The van der Waals surface area contributed by atoms with Crippen LogP contribution in [-0.2, 0) is 6.54 Å². The monoisotopic (exact) mass is 259 g/mol. The number of hydrogen-bond donors (Lipinski definition) is 1. The molecule has 0 atom stereocenters. The molecule has 0 amide bonds. The van der Waals surface area contributed by atoms with E-state index in [1.165, 1.54) is 6.07 Å². The normalized spacial score (nSPS) is 10.7. The summed E-state index contributed by atoms with van der Waals surface area (Å²) in [6.45, 7) is 4.96. The van der Waals surface area contributed by atoms with Crippen LogP contribution >= 0.6 is 0 Å². The summed E-state index contributed by atoms with van der Waals surface area (Å²) in [6.07, 6.45) is 0. The molecule has 0 spiro atoms. The van der Waals surface area contributed by atoms with Gasteiger partial charge in [0.05, 0.1) is 0 Å². The van der Waals surface area contributed by atoms with Crippen molar-refractivity contribution < 1.29 is 9.13 Å². The second-order valence-corrected chi connectivity index (χ2v) is 4.72. The van der Waals surface area contributed by atoms with Crippen LogP contribution in [0.1, 0.15) is 19.4 Å². The third-order valence-electron chi connectivity index (χ3n) is 2.68. The third kappa shape index (κ3) is 4.07. The standard InChI is InChI=1S/C16H18FNO/c1-12(2)18-11-13-6-5-7-14(10-13)19-16-9-4-3-8-15(16)17/h3-10,12,18H,11H2,1-2H3. The molecule has 0 saturated heterocycles. The SMILES string of the molecule is CC(C)NCc1cccc(Oc2ccccc2F)c1. The van der Waals surface area contributed by atoms with Crippen molar-refractivity contribution in [1.29, 1.82) is 0 Å². The molecule has 0 unspecified atom stereocenters. The minimum Gasteiger partial charge on any atom is -0.454 e. The Morgan fingerprint density at radius 3 is 2.63 bits per heavy atom. The van der Waals surface area contributed by atoms with E-state index in [1.807, 2.05) is 24.3 Å². The highest BCUT2D eigenvalue weighted by Gasteiger charge is 2.04. The predicted octanol–water partition coefficient (Wildman–Crippen LogP) is 4.12. The molecule has 0 aromatic heterocycles. The highest BCUT2D eigenvalue weighted by atomic mass is 19.1. The van der Waals surface area contributed by atoms with E-state index in [-0.39, 0.29) is 11.6 Å². The van der Waals surface area contributed by atoms with Gasteiger partial charge in [0.15, 0.2) is 11.6 Å². The second kappa shape index (κ2) is 6.34. The molecular weight excluding hydrogens is 241 g/mol. The second-order valence-electron chi connectivity index (χ2n) is 4.72. The molecular formula is C16H18FNO. The zero-order valence-electron chi connectivity index (χ0n) is 11.2. The molecule has 0 aliphatic heterocycles. The molecule has 0 aliphatic rings. The van der Waals surface area contributed by atoms with Crippen molar-refractivity contribution in [3.63, 3.8) is 0 Å². The molecule has 2 nitrogen and oxygen atoms in total. The Morgan fingerprint density at radius 2 is 1.89 bits per heavy atom. The first-order valence-corrected chi connectivity index (χ1v) is 6.40. The van der Waals surface area contributed by atoms with E-state index in [2.05, 4.69) is 19.2 Å². The number of hydrogen-bond acceptors (Lipinski definition) is 2. The molecule has 0 radical (unpaired) electrons. The van der Waals surface area contributed by atoms with E-state index in [0.29, 0.717) is 11.8 Å². The van der Waals surface area contributed by atoms with Crippen LogP contribution in [0.2, 0.25) is 0 Å². The number of ether oxygens (including phenoxy) is 1. The first-order chi connectivity index (χ1) is 9.15. The zero-order chi connectivity index (χ0) is 13.7. The Kier molecular flexibility index (Phi) is 4.53. The van der Waals surface area contributed by atoms with Crippen LogP contribution in [0.5, 0.6) is 11.5 Å². The molecule has 19 heavy (non-hydrogen) atoms. The highest BCUT2D eigenvalue weighted by molar-refractivity contribution is 5.34. The van der Waals surface area contributed by atoms with E-state index >= 15 is 0 Å². The maximum atomic E-state index is 13.5. The lowest BCUT2D eigenvalue weighted by Crippen LogP contribution is -2.21. The van der Waals surface area contributed by atoms with E-state index < -0.39 is 0 Å². The van der Waals surface area contributed by atoms with Crippen LogP contribution in [0.15, 0.2) is 48.5 Å². The van der Waals surface area contributed by atoms with E-state index in [4.69, 9.17) is 4.74 Å². The van der Waals surface area contributed by atoms with Gasteiger partial charge in [-0.05, 0) is 29.8 Å². The summed E-state index contributed by atoms with van der Waals surface area (Å²) in [5, 5.41) is 3.33. The van der Waals surface area contributed by atoms with Crippen LogP contribution in [-0.4, -0.2) is 6.04 Å². The van der Waals surface area contributed by atoms with Crippen molar-refractivity contribution in [2.45, 2.75) is 26.4 Å². The van der Waals surface area contributed by atoms with Gasteiger partial charge in [-0.2, -0.15) is 0 Å². The van der Waals surface area contributed by atoms with Gasteiger partial charge >= 0.3 is 0 Å². The Labute approximate surface area is 113 Å². The number of halogens is 1. The minimum absolute atomic E-state index is 0.247. The molecule has 0 aliphatic carbocycles. The van der Waals surface area contributed by atoms with Gasteiger partial charge < -0.3 is 10.1 Å². The Hall–Kier alpha value is -1.87. The molecule has 2 rings (SSSR count). The van der Waals surface area contributed by atoms with Gasteiger partial charge in [-0.1, -0.05) is 38.1 Å². The summed E-state index contributed by atoms with van der Waals surface area (Å²) < 4.78 is 19.0. The Balaban J connectivity index is 2.09. The third-order valence-corrected chi connectivity index (χ3v) is 2.68. The summed E-state index contributed by atoms with van der Waals surface area (Å²) in [5.74, 6) is 0.540. The molecule has 0 heterocycles. The highest BCUT2D eigenvalue weighted by Crippen LogP contribution is 2.24. The predicted molar refractivity (Wildman–Crippen MR) is 74.9 cm³/mol. The minimum atomic E-state index is -0.354. The summed E-state index contributed by atoms with van der Waals surface area (Å²) in [7, 11) is 0. The zero-order valence-corrected chi connectivity index (χ0v) is 11.2. The number of para-hydroxylation sites is 1. The molecule has 2 aromatic carbocycles. The molecule has 3 heteroatoms. The van der Waals surface area contributed by atoms with Gasteiger partial charge in [-0.25, -0.2) is 4.39 Å². The lowest BCUT2D eigenvalue weighted by molar-refractivity contribution is 0.441. The van der Waals surface area contributed by atoms with E-state index in [1.54, 1.807) is 18.2 Å². The van der Waals surface area contributed by atoms with Crippen molar-refractivity contribution in [2.75, 3.05) is 0 Å². The van der Waals surface area contributed by atoms with Crippen LogP contribution in [0.3, 0.4) is 0 Å². The summed E-state index contributed by atoms with van der Waals surface area (Å²) in [6, 6.07) is 14.5. The Morgan fingerprint density at radius 1 is 1.11 bits per heavy atom. The number of nitrogens with one attached hydrogen (secondary N) is 1. The molecule has 1 N–H and O–H groups in total. The van der Waals surface area contributed by atoms with Crippen LogP contribution in [0.4, 0.5) is 4.39 Å². The number of benzene rings is 2. The maximum Gasteiger partial charge on any atom is 0.165 e. The van der Waals surface area contributed by atoms with E-state index in [0.717, 1.165) is 12.1 Å². The molecule has 0 fully saturated rings. The quantitative estimate of drug-likeness (QED) is 0.872. The largest absolute Gasteiger partial charge is 0.454 e. The summed E-state index contributed by atoms with van der Waals surface area (Å²) >= 11 is 0. The smallest absolute Gasteiger partial charge is 0.165 e. The Bertz CT molecular complexity index is 540. The number of rotatable bonds is 5. The van der Waals surface area contributed by atoms with Gasteiger partial charge in [-0.3, -0.25) is 0 Å². The topological polar surface area (TPSA) is 21.3 Å². The molecule has 2 aromatic rings. The van der Waals surface area contributed by atoms with Gasteiger partial charge in [-0.15, -0.1) is 0 Å². The lowest BCUT2D eigenvalue weighted by Gasteiger charge is -2.10. The average molecular weight is 259 g/mol. The van der Waals surface area contributed by atoms with E-state index in [9.17, 15) is 4.39 Å². The average Bonchev–Trinajstić information content (AvgIpc) is 2.40. The van der Waals surface area contributed by atoms with Crippen molar-refractivity contribution in [3.05, 3.63) is 59.9 Å². The van der Waals surface area contributed by atoms with Crippen molar-refractivity contribution in [3.8, 4) is 11.5 Å². The fourth-order valence-corrected chi connectivity index (χ4v) is 1.70. The molecule has 0 saturated carbocycles.